The van der Waals surface area contributed by atoms with Crippen LogP contribution < -0.4 is 0 Å². The first-order valence-corrected chi connectivity index (χ1v) is 15.3. The summed E-state index contributed by atoms with van der Waals surface area (Å²) in [5, 5.41) is -4.28. The number of hydrogen-bond acceptors (Lipinski definition) is 16. The van der Waals surface area contributed by atoms with Crippen molar-refractivity contribution in [3.05, 3.63) is 0 Å². The first kappa shape index (κ1) is 30.0. The molecule has 0 radical (unpaired) electrons. The van der Waals surface area contributed by atoms with Gasteiger partial charge < -0.3 is 18.8 Å². The lowest BCUT2D eigenvalue weighted by Crippen LogP contribution is -2.36. The SMILES string of the molecule is O=C(CCCSSCCCC(=O)ON1C(=O)CC(S(=O)(=O)[O-])C1=O)ON1C(=O)CC(S(=O)(=O)[O-])C1=O. The monoisotopic (exact) mass is 590 g/mol. The van der Waals surface area contributed by atoms with E-state index in [1.54, 1.807) is 0 Å². The highest BCUT2D eigenvalue weighted by Crippen LogP contribution is 2.25. The Morgan fingerprint density at radius 2 is 1.08 bits per heavy atom. The molecule has 202 valence electrons. The zero-order chi connectivity index (χ0) is 27.3. The van der Waals surface area contributed by atoms with Crippen LogP contribution in [0.5, 0.6) is 0 Å². The van der Waals surface area contributed by atoms with Gasteiger partial charge in [-0.1, -0.05) is 21.6 Å². The molecule has 0 saturated carbocycles. The number of hydroxylamine groups is 4. The van der Waals surface area contributed by atoms with E-state index < -0.39 is 79.1 Å². The summed E-state index contributed by atoms with van der Waals surface area (Å²) in [6.07, 6.45) is -1.73. The van der Waals surface area contributed by atoms with E-state index in [4.69, 9.17) is 0 Å². The van der Waals surface area contributed by atoms with Gasteiger partial charge in [-0.3, -0.25) is 19.2 Å². The maximum atomic E-state index is 11.8. The van der Waals surface area contributed by atoms with Crippen LogP contribution in [0.2, 0.25) is 0 Å². The third kappa shape index (κ3) is 8.13. The Hall–Kier alpha value is -2.26. The highest BCUT2D eigenvalue weighted by Gasteiger charge is 2.46. The van der Waals surface area contributed by atoms with Crippen LogP contribution in [-0.2, 0) is 58.7 Å². The summed E-state index contributed by atoms with van der Waals surface area (Å²) < 4.78 is 65.6. The molecule has 2 aliphatic heterocycles. The number of hydrogen-bond donors (Lipinski definition) is 0. The van der Waals surface area contributed by atoms with Crippen LogP contribution in [0.15, 0.2) is 0 Å². The average Bonchev–Trinajstić information content (AvgIpc) is 3.20. The van der Waals surface area contributed by atoms with Gasteiger partial charge in [0.05, 0.1) is 12.8 Å². The largest absolute Gasteiger partial charge is 0.747 e. The molecular formula is C16H18N2O14S4-2. The third-order valence-electron chi connectivity index (χ3n) is 4.51. The zero-order valence-electron chi connectivity index (χ0n) is 18.1. The smallest absolute Gasteiger partial charge is 0.333 e. The van der Waals surface area contributed by atoms with E-state index in [1.807, 2.05) is 0 Å². The molecule has 2 atom stereocenters. The van der Waals surface area contributed by atoms with Gasteiger partial charge in [0.15, 0.2) is 0 Å². The molecule has 2 aliphatic rings. The van der Waals surface area contributed by atoms with Gasteiger partial charge >= 0.3 is 11.9 Å². The average molecular weight is 591 g/mol. The maximum absolute atomic E-state index is 11.8. The van der Waals surface area contributed by atoms with Crippen molar-refractivity contribution in [1.82, 2.24) is 10.1 Å². The van der Waals surface area contributed by atoms with E-state index in [2.05, 4.69) is 9.68 Å². The Balaban J connectivity index is 1.57. The van der Waals surface area contributed by atoms with E-state index in [0.717, 1.165) is 0 Å². The minimum atomic E-state index is -5.06. The fourth-order valence-corrected chi connectivity index (χ4v) is 6.32. The van der Waals surface area contributed by atoms with Crippen LogP contribution in [0.3, 0.4) is 0 Å². The summed E-state index contributed by atoms with van der Waals surface area (Å²) in [5.74, 6) is -6.21. The molecule has 0 aromatic carbocycles. The summed E-state index contributed by atoms with van der Waals surface area (Å²) in [6, 6.07) is 0. The second kappa shape index (κ2) is 12.3. The van der Waals surface area contributed by atoms with Gasteiger partial charge in [-0.2, -0.15) is 0 Å². The molecule has 16 nitrogen and oxygen atoms in total. The van der Waals surface area contributed by atoms with Gasteiger partial charge in [0.1, 0.15) is 30.7 Å². The quantitative estimate of drug-likeness (QED) is 0.0992. The highest BCUT2D eigenvalue weighted by molar-refractivity contribution is 8.76. The van der Waals surface area contributed by atoms with Crippen LogP contribution in [0.4, 0.5) is 0 Å². The van der Waals surface area contributed by atoms with E-state index in [1.165, 1.54) is 21.6 Å². The lowest BCUT2D eigenvalue weighted by atomic mass is 10.3. The predicted molar refractivity (Wildman–Crippen MR) is 115 cm³/mol. The Morgan fingerprint density at radius 3 is 1.36 bits per heavy atom. The Bertz CT molecular complexity index is 1060. The van der Waals surface area contributed by atoms with Crippen molar-refractivity contribution in [2.24, 2.45) is 0 Å². The summed E-state index contributed by atoms with van der Waals surface area (Å²) in [5.41, 5.74) is 0. The molecule has 0 aromatic heterocycles. The van der Waals surface area contributed by atoms with Crippen molar-refractivity contribution >= 4 is 77.4 Å². The molecule has 0 N–H and O–H groups in total. The molecule has 2 heterocycles. The molecule has 0 aromatic rings. The molecule has 20 heteroatoms. The van der Waals surface area contributed by atoms with Crippen molar-refractivity contribution in [2.75, 3.05) is 11.5 Å². The van der Waals surface area contributed by atoms with Crippen molar-refractivity contribution < 1.29 is 64.4 Å². The van der Waals surface area contributed by atoms with Gasteiger partial charge in [0.2, 0.25) is 0 Å². The minimum absolute atomic E-state index is 0.0214. The third-order valence-corrected chi connectivity index (χ3v) is 9.22. The van der Waals surface area contributed by atoms with Crippen molar-refractivity contribution in [3.8, 4) is 0 Å². The fraction of sp³-hybridized carbons (Fsp3) is 0.625. The van der Waals surface area contributed by atoms with E-state index in [9.17, 15) is 54.7 Å². The van der Waals surface area contributed by atoms with Crippen LogP contribution in [0, 0.1) is 0 Å². The molecule has 36 heavy (non-hydrogen) atoms. The Kier molecular flexibility index (Phi) is 10.3. The second-order valence-corrected chi connectivity index (χ2v) is 13.0. The number of imide groups is 2. The van der Waals surface area contributed by atoms with E-state index in [-0.39, 0.29) is 35.8 Å². The predicted octanol–water partition coefficient (Wildman–Crippen LogP) is -1.81. The lowest BCUT2D eigenvalue weighted by molar-refractivity contribution is -0.197. The first-order valence-electron chi connectivity index (χ1n) is 9.92. The maximum Gasteiger partial charge on any atom is 0.333 e. The van der Waals surface area contributed by atoms with Gasteiger partial charge in [-0.05, 0) is 12.8 Å². The normalized spacial score (nSPS) is 20.8. The van der Waals surface area contributed by atoms with Gasteiger partial charge in [-0.15, -0.1) is 10.1 Å². The van der Waals surface area contributed by atoms with Crippen molar-refractivity contribution in [2.45, 2.75) is 49.0 Å². The van der Waals surface area contributed by atoms with Gasteiger partial charge in [0, 0.05) is 24.3 Å². The summed E-state index contributed by atoms with van der Waals surface area (Å²) in [7, 11) is -7.53. The lowest BCUT2D eigenvalue weighted by Gasteiger charge is -2.15. The molecule has 2 unspecified atom stereocenters. The second-order valence-electron chi connectivity index (χ2n) is 7.20. The standard InChI is InChI=1S/C16H20N2O14S4/c19-11-7-9(35(25,26)27)15(23)17(11)31-13(21)3-1-5-33-34-6-2-4-14(22)32-18-12(20)8-10(16(18)24)36(28,29)30/h9-10H,1-8H2,(H,25,26,27)(H,28,29,30)/p-2. The summed E-state index contributed by atoms with van der Waals surface area (Å²) in [4.78, 5) is 79.3. The van der Waals surface area contributed by atoms with E-state index >= 15 is 0 Å². The number of carbonyl (C=O) groups is 6. The molecule has 2 rings (SSSR count). The molecule has 0 bridgehead atoms. The molecule has 0 aliphatic carbocycles. The van der Waals surface area contributed by atoms with Gasteiger partial charge in [-0.25, -0.2) is 26.4 Å². The zero-order valence-corrected chi connectivity index (χ0v) is 21.3. The molecule has 4 amide bonds. The number of carbonyl (C=O) groups excluding carboxylic acids is 6. The van der Waals surface area contributed by atoms with Crippen LogP contribution in [0.25, 0.3) is 0 Å². The van der Waals surface area contributed by atoms with Crippen LogP contribution >= 0.6 is 21.6 Å². The Labute approximate surface area is 212 Å². The Morgan fingerprint density at radius 1 is 0.750 bits per heavy atom. The number of nitrogens with zero attached hydrogens (tertiary/aromatic N) is 2. The summed E-state index contributed by atoms with van der Waals surface area (Å²) >= 11 is 0. The molecular weight excluding hydrogens is 572 g/mol. The van der Waals surface area contributed by atoms with Gasteiger partial charge in [0.25, 0.3) is 23.6 Å². The van der Waals surface area contributed by atoms with Crippen molar-refractivity contribution in [1.29, 1.82) is 0 Å². The van der Waals surface area contributed by atoms with Crippen molar-refractivity contribution in [3.63, 3.8) is 0 Å². The topological polar surface area (TPSA) is 242 Å². The van der Waals surface area contributed by atoms with Crippen LogP contribution in [-0.4, -0.2) is 93.6 Å². The summed E-state index contributed by atoms with van der Waals surface area (Å²) in [6.45, 7) is 0. The molecule has 0 spiro atoms. The number of amides is 4. The molecule has 2 fully saturated rings. The highest BCUT2D eigenvalue weighted by atomic mass is 33.1. The fourth-order valence-electron chi connectivity index (χ4n) is 2.77. The van der Waals surface area contributed by atoms with E-state index in [0.29, 0.717) is 11.5 Å². The van der Waals surface area contributed by atoms with Crippen LogP contribution in [0.1, 0.15) is 38.5 Å². The minimum Gasteiger partial charge on any atom is -0.747 e. The first-order chi connectivity index (χ1) is 16.6. The molecule has 2 saturated heterocycles. The number of rotatable bonds is 13.